The summed E-state index contributed by atoms with van der Waals surface area (Å²) in [5.74, 6) is 0.243. The fraction of sp³-hybridized carbons (Fsp3) is 0.326. The second-order valence-corrected chi connectivity index (χ2v) is 17.0. The Morgan fingerprint density at radius 2 is 1.45 bits per heavy atom. The number of rotatable bonds is 5. The number of ether oxygens (including phenoxy) is 1. The van der Waals surface area contributed by atoms with E-state index in [2.05, 4.69) is 119 Å². The number of aryl methyl sites for hydroxylation is 2. The topological polar surface area (TPSA) is 102 Å². The lowest BCUT2D eigenvalue weighted by molar-refractivity contribution is 0.102. The van der Waals surface area contributed by atoms with E-state index in [-0.39, 0.29) is 5.91 Å². The predicted octanol–water partition coefficient (Wildman–Crippen LogP) is 8.07. The molecular weight excluding hydrogens is 721 g/mol. The van der Waals surface area contributed by atoms with Crippen molar-refractivity contribution in [2.24, 2.45) is 0 Å². The van der Waals surface area contributed by atoms with Crippen molar-refractivity contribution in [2.75, 3.05) is 80.9 Å². The smallest absolute Gasteiger partial charge is 0.261 e. The van der Waals surface area contributed by atoms with E-state index in [0.29, 0.717) is 17.7 Å². The van der Waals surface area contributed by atoms with Crippen LogP contribution in [-0.2, 0) is 27.7 Å². The van der Waals surface area contributed by atoms with Gasteiger partial charge in [0.1, 0.15) is 0 Å². The number of morpholine rings is 1. The Labute approximate surface area is 329 Å². The van der Waals surface area contributed by atoms with E-state index in [9.17, 15) is 13.2 Å². The minimum Gasteiger partial charge on any atom is -0.378 e. The SMILES string of the molecule is CS(=O)(=O)O.Cc1cc2cc(N3CCN(C)CC3)ccc2c2ccc3c(c12)CCC(c1ccc2ccccc2c1NC(=O)c1ccc(N2CCOCC2)cc1)C3. The molecule has 0 radical (unpaired) electrons. The zero-order valence-corrected chi connectivity index (χ0v) is 33.2. The minimum atomic E-state index is -3.67. The Morgan fingerprint density at radius 1 is 0.768 bits per heavy atom. The molecule has 2 fully saturated rings. The van der Waals surface area contributed by atoms with Gasteiger partial charge in [-0.1, -0.05) is 60.7 Å². The number of anilines is 3. The van der Waals surface area contributed by atoms with Crippen molar-refractivity contribution in [1.82, 2.24) is 4.90 Å². The number of nitrogens with zero attached hydrogens (tertiary/aromatic N) is 3. The molecule has 0 spiro atoms. The highest BCUT2D eigenvalue weighted by Crippen LogP contribution is 2.43. The number of fused-ring (bicyclic) bond motifs is 6. The summed E-state index contributed by atoms with van der Waals surface area (Å²) in [4.78, 5) is 21.1. The zero-order chi connectivity index (χ0) is 39.0. The molecule has 2 heterocycles. The van der Waals surface area contributed by atoms with E-state index in [1.54, 1.807) is 0 Å². The third-order valence-electron chi connectivity index (χ3n) is 11.7. The molecule has 1 atom stereocenters. The molecule has 10 heteroatoms. The van der Waals surface area contributed by atoms with Gasteiger partial charge < -0.3 is 24.8 Å². The van der Waals surface area contributed by atoms with Crippen LogP contribution in [0, 0.1) is 6.92 Å². The van der Waals surface area contributed by atoms with Gasteiger partial charge in [-0.15, -0.1) is 0 Å². The van der Waals surface area contributed by atoms with Crippen LogP contribution in [0.25, 0.3) is 32.3 Å². The van der Waals surface area contributed by atoms with Crippen LogP contribution in [-0.4, -0.2) is 89.6 Å². The summed E-state index contributed by atoms with van der Waals surface area (Å²) in [6.45, 7) is 9.89. The van der Waals surface area contributed by atoms with Gasteiger partial charge in [-0.3, -0.25) is 9.35 Å². The number of hydrogen-bond acceptors (Lipinski definition) is 7. The largest absolute Gasteiger partial charge is 0.378 e. The Morgan fingerprint density at radius 3 is 2.20 bits per heavy atom. The standard InChI is InChI=1S/C45H46N4O2.CH4O3S/c1-30-27-35-29-37(48-21-19-47(2)20-22-48)14-18-38(35)42-17-11-33-28-34(10-15-39(33)43(30)42)41-16-9-31-5-3-4-6-40(31)44(41)46-45(50)32-7-12-36(13-8-32)49-23-25-51-26-24-49;1-5(2,3)4/h3-9,11-14,16-18,27,29,34H,10,15,19-26,28H2,1-2H3,(H,46,50);1H3,(H,2,3,4). The van der Waals surface area contributed by atoms with Gasteiger partial charge in [-0.2, -0.15) is 8.42 Å². The van der Waals surface area contributed by atoms with Crippen LogP contribution in [0.3, 0.4) is 0 Å². The van der Waals surface area contributed by atoms with Crippen LogP contribution in [0.4, 0.5) is 17.1 Å². The number of piperazine rings is 1. The van der Waals surface area contributed by atoms with Crippen molar-refractivity contribution in [1.29, 1.82) is 0 Å². The van der Waals surface area contributed by atoms with Crippen molar-refractivity contribution in [3.05, 3.63) is 125 Å². The van der Waals surface area contributed by atoms with Crippen molar-refractivity contribution < 1.29 is 22.5 Å². The Kier molecular flexibility index (Phi) is 10.7. The molecule has 1 amide bonds. The third kappa shape index (κ3) is 8.11. The number of benzene rings is 6. The predicted molar refractivity (Wildman–Crippen MR) is 230 cm³/mol. The van der Waals surface area contributed by atoms with Crippen LogP contribution < -0.4 is 15.1 Å². The summed E-state index contributed by atoms with van der Waals surface area (Å²) >= 11 is 0. The van der Waals surface area contributed by atoms with E-state index in [0.717, 1.165) is 93.9 Å². The first kappa shape index (κ1) is 37.9. The lowest BCUT2D eigenvalue weighted by atomic mass is 9.76. The molecule has 0 aromatic heterocycles. The van der Waals surface area contributed by atoms with Gasteiger partial charge in [0.05, 0.1) is 25.2 Å². The van der Waals surface area contributed by atoms with Gasteiger partial charge in [-0.25, -0.2) is 0 Å². The van der Waals surface area contributed by atoms with Gasteiger partial charge in [0.2, 0.25) is 0 Å². The molecule has 290 valence electrons. The highest BCUT2D eigenvalue weighted by molar-refractivity contribution is 7.85. The normalized spacial score (nSPS) is 17.8. The minimum absolute atomic E-state index is 0.0679. The monoisotopic (exact) mass is 770 g/mol. The Hall–Kier alpha value is -5.00. The average molecular weight is 771 g/mol. The summed E-state index contributed by atoms with van der Waals surface area (Å²) in [7, 11) is -1.46. The number of likely N-dealkylation sites (N-methyl/N-ethyl adjacent to an activating group) is 1. The number of amides is 1. The molecule has 9 rings (SSSR count). The van der Waals surface area contributed by atoms with Gasteiger partial charge in [0.25, 0.3) is 16.0 Å². The van der Waals surface area contributed by atoms with Gasteiger partial charge in [-0.05, 0) is 125 Å². The molecule has 0 saturated carbocycles. The molecule has 6 aromatic rings. The van der Waals surface area contributed by atoms with Gasteiger partial charge in [0.15, 0.2) is 0 Å². The summed E-state index contributed by atoms with van der Waals surface area (Å²) in [5.41, 5.74) is 9.60. The quantitative estimate of drug-likeness (QED) is 0.134. The summed E-state index contributed by atoms with van der Waals surface area (Å²) in [6, 6.07) is 35.2. The number of nitrogens with one attached hydrogen (secondary N) is 1. The first-order valence-corrected chi connectivity index (χ1v) is 21.4. The second kappa shape index (κ2) is 15.9. The second-order valence-electron chi connectivity index (χ2n) is 15.5. The number of carbonyl (C=O) groups is 1. The molecule has 2 aliphatic heterocycles. The lowest BCUT2D eigenvalue weighted by Gasteiger charge is -2.34. The maximum atomic E-state index is 13.8. The number of hydrogen-bond donors (Lipinski definition) is 2. The summed E-state index contributed by atoms with van der Waals surface area (Å²) < 4.78 is 31.4. The van der Waals surface area contributed by atoms with E-state index in [1.807, 2.05) is 12.1 Å². The van der Waals surface area contributed by atoms with Gasteiger partial charge in [0, 0.05) is 61.6 Å². The van der Waals surface area contributed by atoms with Crippen molar-refractivity contribution in [2.45, 2.75) is 32.1 Å². The molecule has 1 aliphatic carbocycles. The molecule has 1 unspecified atom stereocenters. The summed E-state index contributed by atoms with van der Waals surface area (Å²) in [5, 5.41) is 11.1. The fourth-order valence-corrected chi connectivity index (χ4v) is 8.87. The van der Waals surface area contributed by atoms with E-state index >= 15 is 0 Å². The molecular formula is C46H50N4O5S. The summed E-state index contributed by atoms with van der Waals surface area (Å²) in [6.07, 6.45) is 3.74. The highest BCUT2D eigenvalue weighted by atomic mass is 32.2. The maximum absolute atomic E-state index is 13.8. The molecule has 6 aromatic carbocycles. The van der Waals surface area contributed by atoms with Crippen LogP contribution in [0.5, 0.6) is 0 Å². The third-order valence-corrected chi connectivity index (χ3v) is 11.7. The molecule has 9 nitrogen and oxygen atoms in total. The van der Waals surface area contributed by atoms with E-state index in [4.69, 9.17) is 9.29 Å². The first-order valence-electron chi connectivity index (χ1n) is 19.6. The van der Waals surface area contributed by atoms with Gasteiger partial charge >= 0.3 is 0 Å². The molecule has 2 N–H and O–H groups in total. The average Bonchev–Trinajstić information content (AvgIpc) is 3.20. The van der Waals surface area contributed by atoms with Crippen LogP contribution in [0.15, 0.2) is 97.1 Å². The molecule has 56 heavy (non-hydrogen) atoms. The fourth-order valence-electron chi connectivity index (χ4n) is 8.87. The van der Waals surface area contributed by atoms with Crippen molar-refractivity contribution in [3.63, 3.8) is 0 Å². The number of carbonyl (C=O) groups excluding carboxylic acids is 1. The highest BCUT2D eigenvalue weighted by Gasteiger charge is 2.27. The van der Waals surface area contributed by atoms with Crippen molar-refractivity contribution >= 4 is 65.4 Å². The van der Waals surface area contributed by atoms with Crippen LogP contribution >= 0.6 is 0 Å². The van der Waals surface area contributed by atoms with Crippen molar-refractivity contribution in [3.8, 4) is 0 Å². The molecule has 3 aliphatic rings. The van der Waals surface area contributed by atoms with E-state index < -0.39 is 10.1 Å². The molecule has 0 bridgehead atoms. The van der Waals surface area contributed by atoms with Crippen LogP contribution in [0.2, 0.25) is 0 Å². The maximum Gasteiger partial charge on any atom is 0.261 e. The van der Waals surface area contributed by atoms with E-state index in [1.165, 1.54) is 49.5 Å². The molecule has 2 saturated heterocycles. The first-order chi connectivity index (χ1) is 27.0. The zero-order valence-electron chi connectivity index (χ0n) is 32.4. The van der Waals surface area contributed by atoms with Crippen LogP contribution in [0.1, 0.15) is 45.0 Å². The Balaban J connectivity index is 0.000000831. The lowest BCUT2D eigenvalue weighted by Crippen LogP contribution is -2.44. The Bertz CT molecular complexity index is 2520.